The van der Waals surface area contributed by atoms with E-state index in [-0.39, 0.29) is 0 Å². The quantitative estimate of drug-likeness (QED) is 0.870. The minimum atomic E-state index is 0.437. The summed E-state index contributed by atoms with van der Waals surface area (Å²) in [5, 5.41) is 3.67. The van der Waals surface area contributed by atoms with Crippen LogP contribution in [0.3, 0.4) is 0 Å². The second kappa shape index (κ2) is 6.24. The van der Waals surface area contributed by atoms with Gasteiger partial charge < -0.3 is 10.1 Å². The Kier molecular flexibility index (Phi) is 4.65. The molecular weight excluding hydrogens is 222 g/mol. The zero-order chi connectivity index (χ0) is 13.0. The molecule has 0 spiro atoms. The highest BCUT2D eigenvalue weighted by molar-refractivity contribution is 5.49. The molecule has 1 fully saturated rings. The standard InChI is InChI=1S/C16H25NO/c1-4-13-10-14(7-6-12(13)3)17-15-8-9-18-16(5-2)11-15/h6-7,10,15-17H,4-5,8-9,11H2,1-3H3. The smallest absolute Gasteiger partial charge is 0.0592 e. The molecule has 1 aliphatic heterocycles. The minimum absolute atomic E-state index is 0.437. The van der Waals surface area contributed by atoms with E-state index < -0.39 is 0 Å². The third kappa shape index (κ3) is 3.26. The van der Waals surface area contributed by atoms with Crippen molar-refractivity contribution in [1.82, 2.24) is 0 Å². The molecule has 18 heavy (non-hydrogen) atoms. The van der Waals surface area contributed by atoms with Crippen molar-refractivity contribution < 1.29 is 4.74 Å². The van der Waals surface area contributed by atoms with E-state index in [4.69, 9.17) is 4.74 Å². The van der Waals surface area contributed by atoms with Crippen molar-refractivity contribution >= 4 is 5.69 Å². The highest BCUT2D eigenvalue weighted by Crippen LogP contribution is 2.22. The van der Waals surface area contributed by atoms with Crippen molar-refractivity contribution in [3.63, 3.8) is 0 Å². The maximum absolute atomic E-state index is 5.72. The van der Waals surface area contributed by atoms with Crippen LogP contribution >= 0.6 is 0 Å². The fourth-order valence-electron chi connectivity index (χ4n) is 2.67. The van der Waals surface area contributed by atoms with Crippen molar-refractivity contribution in [3.05, 3.63) is 29.3 Å². The number of hydrogen-bond acceptors (Lipinski definition) is 2. The van der Waals surface area contributed by atoms with Gasteiger partial charge in [0.1, 0.15) is 0 Å². The van der Waals surface area contributed by atoms with Gasteiger partial charge in [0, 0.05) is 18.3 Å². The third-order valence-corrected chi connectivity index (χ3v) is 3.92. The van der Waals surface area contributed by atoms with Crippen LogP contribution in [0.1, 0.15) is 44.2 Å². The van der Waals surface area contributed by atoms with E-state index in [1.165, 1.54) is 16.8 Å². The van der Waals surface area contributed by atoms with E-state index in [0.717, 1.165) is 32.3 Å². The number of aryl methyl sites for hydroxylation is 2. The van der Waals surface area contributed by atoms with Crippen LogP contribution < -0.4 is 5.32 Å². The van der Waals surface area contributed by atoms with Crippen molar-refractivity contribution in [2.45, 2.75) is 58.6 Å². The molecule has 1 aromatic rings. The highest BCUT2D eigenvalue weighted by Gasteiger charge is 2.21. The van der Waals surface area contributed by atoms with Crippen molar-refractivity contribution in [2.75, 3.05) is 11.9 Å². The zero-order valence-electron chi connectivity index (χ0n) is 11.8. The topological polar surface area (TPSA) is 21.3 Å². The summed E-state index contributed by atoms with van der Waals surface area (Å²) in [6, 6.07) is 7.28. The van der Waals surface area contributed by atoms with Gasteiger partial charge in [-0.25, -0.2) is 0 Å². The van der Waals surface area contributed by atoms with Crippen molar-refractivity contribution in [2.24, 2.45) is 0 Å². The average Bonchev–Trinajstić information content (AvgIpc) is 2.41. The average molecular weight is 247 g/mol. The minimum Gasteiger partial charge on any atom is -0.382 e. The number of rotatable bonds is 4. The summed E-state index contributed by atoms with van der Waals surface area (Å²) in [7, 11) is 0. The van der Waals surface area contributed by atoms with E-state index in [1.54, 1.807) is 0 Å². The summed E-state index contributed by atoms with van der Waals surface area (Å²) in [4.78, 5) is 0. The van der Waals surface area contributed by atoms with Crippen LogP contribution in [0.2, 0.25) is 0 Å². The highest BCUT2D eigenvalue weighted by atomic mass is 16.5. The summed E-state index contributed by atoms with van der Waals surface area (Å²) in [5.74, 6) is 0. The van der Waals surface area contributed by atoms with E-state index in [2.05, 4.69) is 44.3 Å². The number of nitrogens with one attached hydrogen (secondary N) is 1. The molecule has 2 rings (SSSR count). The Labute approximate surface area is 111 Å². The fraction of sp³-hybridized carbons (Fsp3) is 0.625. The van der Waals surface area contributed by atoms with E-state index in [0.29, 0.717) is 12.1 Å². The molecule has 0 amide bonds. The van der Waals surface area contributed by atoms with Gasteiger partial charge in [0.15, 0.2) is 0 Å². The van der Waals surface area contributed by atoms with Crippen LogP contribution in [-0.4, -0.2) is 18.8 Å². The Bertz CT molecular complexity index is 389. The molecular formula is C16H25NO. The van der Waals surface area contributed by atoms with Crippen LogP contribution in [0.25, 0.3) is 0 Å². The largest absolute Gasteiger partial charge is 0.382 e. The lowest BCUT2D eigenvalue weighted by Crippen LogP contribution is -2.33. The van der Waals surface area contributed by atoms with Gasteiger partial charge in [0.25, 0.3) is 0 Å². The number of hydrogen-bond donors (Lipinski definition) is 1. The zero-order valence-corrected chi connectivity index (χ0v) is 11.8. The van der Waals surface area contributed by atoms with Gasteiger partial charge in [-0.3, -0.25) is 0 Å². The molecule has 2 heteroatoms. The molecule has 1 saturated heterocycles. The summed E-state index contributed by atoms with van der Waals surface area (Å²) in [6.45, 7) is 7.49. The second-order valence-corrected chi connectivity index (χ2v) is 5.26. The SMILES string of the molecule is CCc1cc(NC2CCOC(CC)C2)ccc1C. The molecule has 0 aliphatic carbocycles. The maximum Gasteiger partial charge on any atom is 0.0592 e. The third-order valence-electron chi connectivity index (χ3n) is 3.92. The normalized spacial score (nSPS) is 23.9. The Morgan fingerprint density at radius 3 is 2.89 bits per heavy atom. The molecule has 0 radical (unpaired) electrons. The molecule has 2 nitrogen and oxygen atoms in total. The molecule has 1 aliphatic rings. The van der Waals surface area contributed by atoms with Gasteiger partial charge in [0.2, 0.25) is 0 Å². The predicted molar refractivity (Wildman–Crippen MR) is 77.2 cm³/mol. The van der Waals surface area contributed by atoms with Crippen LogP contribution in [0.4, 0.5) is 5.69 Å². The Hall–Kier alpha value is -1.02. The molecule has 1 N–H and O–H groups in total. The number of benzene rings is 1. The van der Waals surface area contributed by atoms with Crippen LogP contribution in [0.5, 0.6) is 0 Å². The monoisotopic (exact) mass is 247 g/mol. The molecule has 1 aromatic carbocycles. The van der Waals surface area contributed by atoms with Gasteiger partial charge in [-0.1, -0.05) is 19.9 Å². The van der Waals surface area contributed by atoms with E-state index in [9.17, 15) is 0 Å². The van der Waals surface area contributed by atoms with Gasteiger partial charge in [0.05, 0.1) is 6.10 Å². The molecule has 1 heterocycles. The molecule has 2 atom stereocenters. The first-order chi connectivity index (χ1) is 8.72. The lowest BCUT2D eigenvalue weighted by atomic mass is 10.0. The summed E-state index contributed by atoms with van der Waals surface area (Å²) >= 11 is 0. The molecule has 100 valence electrons. The van der Waals surface area contributed by atoms with Gasteiger partial charge >= 0.3 is 0 Å². The Balaban J connectivity index is 2.00. The predicted octanol–water partition coefficient (Wildman–Crippen LogP) is 3.93. The molecule has 0 aromatic heterocycles. The van der Waals surface area contributed by atoms with Crippen LogP contribution in [-0.2, 0) is 11.2 Å². The van der Waals surface area contributed by atoms with E-state index >= 15 is 0 Å². The first-order valence-corrected chi connectivity index (χ1v) is 7.20. The first kappa shape index (κ1) is 13.4. The van der Waals surface area contributed by atoms with Crippen molar-refractivity contribution in [3.8, 4) is 0 Å². The lowest BCUT2D eigenvalue weighted by Gasteiger charge is -2.30. The second-order valence-electron chi connectivity index (χ2n) is 5.26. The molecule has 0 bridgehead atoms. The summed E-state index contributed by atoms with van der Waals surface area (Å²) in [5.41, 5.74) is 4.10. The van der Waals surface area contributed by atoms with Crippen LogP contribution in [0, 0.1) is 6.92 Å². The maximum atomic E-state index is 5.72. The first-order valence-electron chi connectivity index (χ1n) is 7.20. The Morgan fingerprint density at radius 1 is 1.33 bits per heavy atom. The van der Waals surface area contributed by atoms with Crippen LogP contribution in [0.15, 0.2) is 18.2 Å². The van der Waals surface area contributed by atoms with Gasteiger partial charge in [-0.15, -0.1) is 0 Å². The lowest BCUT2D eigenvalue weighted by molar-refractivity contribution is 0.00925. The summed E-state index contributed by atoms with van der Waals surface area (Å²) in [6.07, 6.45) is 4.91. The molecule has 2 unspecified atom stereocenters. The van der Waals surface area contributed by atoms with Gasteiger partial charge in [-0.05, 0) is 55.9 Å². The van der Waals surface area contributed by atoms with E-state index in [1.807, 2.05) is 0 Å². The number of anilines is 1. The fourth-order valence-corrected chi connectivity index (χ4v) is 2.67. The van der Waals surface area contributed by atoms with Gasteiger partial charge in [-0.2, -0.15) is 0 Å². The number of ether oxygens (including phenoxy) is 1. The summed E-state index contributed by atoms with van der Waals surface area (Å²) < 4.78 is 5.72. The Morgan fingerprint density at radius 2 is 2.17 bits per heavy atom. The molecule has 0 saturated carbocycles. The van der Waals surface area contributed by atoms with Crippen molar-refractivity contribution in [1.29, 1.82) is 0 Å².